The van der Waals surface area contributed by atoms with Crippen LogP contribution in [0.4, 0.5) is 4.39 Å². The molecule has 0 aliphatic carbocycles. The van der Waals surface area contributed by atoms with E-state index in [2.05, 4.69) is 5.32 Å². The van der Waals surface area contributed by atoms with Gasteiger partial charge in [-0.3, -0.25) is 4.79 Å². The van der Waals surface area contributed by atoms with E-state index < -0.39 is 5.82 Å². The monoisotopic (exact) mass is 322 g/mol. The van der Waals surface area contributed by atoms with Crippen molar-refractivity contribution in [2.45, 2.75) is 6.54 Å². The number of carbonyl (C=O) groups is 1. The van der Waals surface area contributed by atoms with Gasteiger partial charge in [-0.2, -0.15) is 0 Å². The molecule has 3 nitrogen and oxygen atoms in total. The van der Waals surface area contributed by atoms with Crippen molar-refractivity contribution in [2.24, 2.45) is 5.73 Å². The first-order valence-corrected chi connectivity index (χ1v) is 6.88. The van der Waals surface area contributed by atoms with Crippen LogP contribution in [0, 0.1) is 5.82 Å². The van der Waals surface area contributed by atoms with Gasteiger partial charge < -0.3 is 11.1 Å². The third-order valence-electron chi connectivity index (χ3n) is 2.88. The average Bonchev–Trinajstić information content (AvgIpc) is 2.46. The van der Waals surface area contributed by atoms with Crippen LogP contribution < -0.4 is 11.1 Å². The quantitative estimate of drug-likeness (QED) is 0.851. The molecule has 108 valence electrons. The number of benzene rings is 2. The van der Waals surface area contributed by atoms with Gasteiger partial charge in [-0.15, -0.1) is 0 Å². The van der Waals surface area contributed by atoms with Gasteiger partial charge in [0, 0.05) is 28.3 Å². The number of nitrogens with two attached hydrogens (primary N) is 1. The van der Waals surface area contributed by atoms with E-state index in [0.717, 1.165) is 0 Å². The van der Waals surface area contributed by atoms with Crippen LogP contribution in [-0.4, -0.2) is 10.9 Å². The third-order valence-corrected chi connectivity index (χ3v) is 3.37. The zero-order valence-corrected chi connectivity index (χ0v) is 12.5. The molecule has 21 heavy (non-hydrogen) atoms. The maximum Gasteiger partial charge on any atom is 0.251 e. The van der Waals surface area contributed by atoms with Crippen LogP contribution in [0.15, 0.2) is 42.5 Å². The fraction of sp³-hybridized carbons (Fsp3) is 0.0667. The SMILES string of the molecule is NC(=S)c1ccc(CNC(=O)c2ccc(Cl)cc2)c(F)c1. The predicted molar refractivity (Wildman–Crippen MR) is 84.9 cm³/mol. The lowest BCUT2D eigenvalue weighted by molar-refractivity contribution is 0.0950. The molecule has 0 spiro atoms. The molecule has 0 fully saturated rings. The molecule has 2 aromatic carbocycles. The molecular weight excluding hydrogens is 311 g/mol. The Morgan fingerprint density at radius 2 is 1.81 bits per heavy atom. The van der Waals surface area contributed by atoms with Crippen LogP contribution in [0.25, 0.3) is 0 Å². The molecule has 1 amide bonds. The zero-order chi connectivity index (χ0) is 15.4. The normalized spacial score (nSPS) is 10.2. The number of amides is 1. The second-order valence-electron chi connectivity index (χ2n) is 4.36. The minimum absolute atomic E-state index is 0.0743. The van der Waals surface area contributed by atoms with E-state index in [1.807, 2.05) is 0 Å². The van der Waals surface area contributed by atoms with Gasteiger partial charge in [0.15, 0.2) is 0 Å². The van der Waals surface area contributed by atoms with Crippen LogP contribution >= 0.6 is 23.8 Å². The lowest BCUT2D eigenvalue weighted by Crippen LogP contribution is -2.23. The molecule has 0 aliphatic heterocycles. The Kier molecular flexibility index (Phi) is 4.88. The molecule has 2 aromatic rings. The molecule has 0 heterocycles. The standard InChI is InChI=1S/C15H12ClFN2OS/c16-12-5-3-9(4-6-12)15(20)19-8-11-2-1-10(14(18)21)7-13(11)17/h1-7H,8H2,(H2,18,21)(H,19,20). The second-order valence-corrected chi connectivity index (χ2v) is 5.24. The minimum atomic E-state index is -0.461. The van der Waals surface area contributed by atoms with Crippen molar-refractivity contribution in [1.82, 2.24) is 5.32 Å². The molecule has 2 rings (SSSR count). The summed E-state index contributed by atoms with van der Waals surface area (Å²) < 4.78 is 13.8. The molecule has 0 unspecified atom stereocenters. The average molecular weight is 323 g/mol. The summed E-state index contributed by atoms with van der Waals surface area (Å²) in [6, 6.07) is 10.9. The fourth-order valence-corrected chi connectivity index (χ4v) is 1.98. The Bertz CT molecular complexity index is 689. The highest BCUT2D eigenvalue weighted by molar-refractivity contribution is 7.80. The molecular formula is C15H12ClFN2OS. The van der Waals surface area contributed by atoms with Gasteiger partial charge in [0.2, 0.25) is 0 Å². The maximum atomic E-state index is 13.8. The number of thiocarbonyl (C=S) groups is 1. The molecule has 6 heteroatoms. The third kappa shape index (κ3) is 4.00. The van der Waals surface area contributed by atoms with Crippen LogP contribution in [0.5, 0.6) is 0 Å². The lowest BCUT2D eigenvalue weighted by Gasteiger charge is -2.08. The van der Waals surface area contributed by atoms with E-state index in [0.29, 0.717) is 21.7 Å². The number of hydrogen-bond acceptors (Lipinski definition) is 2. The Morgan fingerprint density at radius 1 is 1.19 bits per heavy atom. The minimum Gasteiger partial charge on any atom is -0.389 e. The first-order valence-electron chi connectivity index (χ1n) is 6.09. The number of rotatable bonds is 4. The largest absolute Gasteiger partial charge is 0.389 e. The smallest absolute Gasteiger partial charge is 0.251 e. The maximum absolute atomic E-state index is 13.8. The number of hydrogen-bond donors (Lipinski definition) is 2. The lowest BCUT2D eigenvalue weighted by atomic mass is 10.1. The molecule has 3 N–H and O–H groups in total. The van der Waals surface area contributed by atoms with Crippen LogP contribution in [0.1, 0.15) is 21.5 Å². The van der Waals surface area contributed by atoms with Crippen molar-refractivity contribution in [2.75, 3.05) is 0 Å². The van der Waals surface area contributed by atoms with Crippen molar-refractivity contribution in [3.8, 4) is 0 Å². The van der Waals surface area contributed by atoms with E-state index in [4.69, 9.17) is 29.6 Å². The van der Waals surface area contributed by atoms with Gasteiger partial charge >= 0.3 is 0 Å². The Hall–Kier alpha value is -1.98. The highest BCUT2D eigenvalue weighted by Crippen LogP contribution is 2.12. The van der Waals surface area contributed by atoms with Gasteiger partial charge in [-0.05, 0) is 30.3 Å². The van der Waals surface area contributed by atoms with Crippen LogP contribution in [0.2, 0.25) is 5.02 Å². The molecule has 0 aliphatic rings. The molecule has 0 atom stereocenters. The van der Waals surface area contributed by atoms with Crippen LogP contribution in [-0.2, 0) is 6.54 Å². The van der Waals surface area contributed by atoms with E-state index in [1.165, 1.54) is 6.07 Å². The van der Waals surface area contributed by atoms with Gasteiger partial charge in [0.05, 0.1) is 0 Å². The number of carbonyl (C=O) groups excluding carboxylic acids is 1. The van der Waals surface area contributed by atoms with E-state index in [-0.39, 0.29) is 17.4 Å². The predicted octanol–water partition coefficient (Wildman–Crippen LogP) is 3.04. The van der Waals surface area contributed by atoms with E-state index >= 15 is 0 Å². The Balaban J connectivity index is 2.04. The van der Waals surface area contributed by atoms with E-state index in [1.54, 1.807) is 36.4 Å². The first kappa shape index (κ1) is 15.4. The molecule has 0 bridgehead atoms. The van der Waals surface area contributed by atoms with Crippen molar-refractivity contribution in [3.05, 3.63) is 70.0 Å². The summed E-state index contributed by atoms with van der Waals surface area (Å²) in [7, 11) is 0. The summed E-state index contributed by atoms with van der Waals surface area (Å²) in [5.41, 5.74) is 6.70. The van der Waals surface area contributed by atoms with Gasteiger partial charge in [0.25, 0.3) is 5.91 Å². The van der Waals surface area contributed by atoms with Crippen molar-refractivity contribution >= 4 is 34.7 Å². The zero-order valence-electron chi connectivity index (χ0n) is 10.9. The van der Waals surface area contributed by atoms with Gasteiger partial charge in [0.1, 0.15) is 10.8 Å². The highest BCUT2D eigenvalue weighted by Gasteiger charge is 2.08. The molecule has 0 saturated carbocycles. The van der Waals surface area contributed by atoms with Crippen molar-refractivity contribution in [3.63, 3.8) is 0 Å². The van der Waals surface area contributed by atoms with Crippen molar-refractivity contribution < 1.29 is 9.18 Å². The number of halogens is 2. The van der Waals surface area contributed by atoms with Crippen LogP contribution in [0.3, 0.4) is 0 Å². The molecule has 0 radical (unpaired) electrons. The summed E-state index contributed by atoms with van der Waals surface area (Å²) in [5, 5.41) is 3.19. The fourth-order valence-electron chi connectivity index (χ4n) is 1.72. The summed E-state index contributed by atoms with van der Waals surface area (Å²) in [6.07, 6.45) is 0. The van der Waals surface area contributed by atoms with Gasteiger partial charge in [-0.25, -0.2) is 4.39 Å². The molecule has 0 aromatic heterocycles. The topological polar surface area (TPSA) is 55.1 Å². The Morgan fingerprint density at radius 3 is 2.38 bits per heavy atom. The highest BCUT2D eigenvalue weighted by atomic mass is 35.5. The van der Waals surface area contributed by atoms with E-state index in [9.17, 15) is 9.18 Å². The molecule has 0 saturated heterocycles. The Labute approximate surface area is 131 Å². The summed E-state index contributed by atoms with van der Waals surface area (Å²) >= 11 is 10.5. The van der Waals surface area contributed by atoms with Gasteiger partial charge in [-0.1, -0.05) is 36.0 Å². The van der Waals surface area contributed by atoms with Crippen molar-refractivity contribution in [1.29, 1.82) is 0 Å². The second kappa shape index (κ2) is 6.65. The number of nitrogens with one attached hydrogen (secondary N) is 1. The summed E-state index contributed by atoms with van der Waals surface area (Å²) in [4.78, 5) is 12.0. The first-order chi connectivity index (χ1) is 9.97. The summed E-state index contributed by atoms with van der Waals surface area (Å²) in [6.45, 7) is 0.0743. The summed E-state index contributed by atoms with van der Waals surface area (Å²) in [5.74, 6) is -0.763.